The number of ether oxygens (including phenoxy) is 1. The predicted octanol–water partition coefficient (Wildman–Crippen LogP) is 2.10. The van der Waals surface area contributed by atoms with E-state index in [0.717, 1.165) is 19.3 Å². The number of nitrogens with one attached hydrogen (secondary N) is 2. The lowest BCUT2D eigenvalue weighted by Crippen LogP contribution is -2.51. The maximum atomic E-state index is 13.0. The smallest absolute Gasteiger partial charge is 0.241 e. The van der Waals surface area contributed by atoms with Crippen LogP contribution < -0.4 is 10.9 Å². The second kappa shape index (κ2) is 7.46. The Kier molecular flexibility index (Phi) is 5.04. The van der Waals surface area contributed by atoms with E-state index in [1.807, 2.05) is 42.4 Å². The van der Waals surface area contributed by atoms with Crippen molar-refractivity contribution in [3.8, 4) is 0 Å². The van der Waals surface area contributed by atoms with Crippen molar-refractivity contribution in [1.29, 1.82) is 0 Å². The van der Waals surface area contributed by atoms with Gasteiger partial charge < -0.3 is 14.2 Å². The zero-order chi connectivity index (χ0) is 18.9. The number of nitrogens with zero attached hydrogens (tertiary/aromatic N) is 2. The third-order valence-electron chi connectivity index (χ3n) is 6.12. The van der Waals surface area contributed by atoms with Crippen LogP contribution in [0.1, 0.15) is 36.6 Å². The second-order valence-electron chi connectivity index (χ2n) is 7.56. The Balaban J connectivity index is 1.38. The maximum Gasteiger partial charge on any atom is 0.241 e. The highest BCUT2D eigenvalue weighted by atomic mass is 16.5. The van der Waals surface area contributed by atoms with Gasteiger partial charge in [0.1, 0.15) is 6.04 Å². The third-order valence-corrected chi connectivity index (χ3v) is 6.12. The van der Waals surface area contributed by atoms with E-state index in [9.17, 15) is 4.79 Å². The molecule has 144 valence electrons. The quantitative estimate of drug-likeness (QED) is 0.868. The van der Waals surface area contributed by atoms with Gasteiger partial charge in [-0.25, -0.2) is 10.9 Å². The summed E-state index contributed by atoms with van der Waals surface area (Å²) >= 11 is 0. The maximum absolute atomic E-state index is 13.0. The molecule has 2 saturated heterocycles. The van der Waals surface area contributed by atoms with Crippen LogP contribution in [0.4, 0.5) is 0 Å². The van der Waals surface area contributed by atoms with E-state index >= 15 is 0 Å². The summed E-state index contributed by atoms with van der Waals surface area (Å²) in [7, 11) is 3.81. The molecule has 0 bridgehead atoms. The summed E-state index contributed by atoms with van der Waals surface area (Å²) in [5.41, 5.74) is 8.58. The number of methoxy groups -OCH3 is 1. The van der Waals surface area contributed by atoms with Crippen molar-refractivity contribution in [3.05, 3.63) is 59.9 Å². The molecule has 2 unspecified atom stereocenters. The van der Waals surface area contributed by atoms with Crippen molar-refractivity contribution in [2.45, 2.75) is 36.9 Å². The summed E-state index contributed by atoms with van der Waals surface area (Å²) in [4.78, 5) is 15.0. The molecule has 27 heavy (non-hydrogen) atoms. The van der Waals surface area contributed by atoms with Crippen molar-refractivity contribution in [2.24, 2.45) is 7.05 Å². The Hall–Kier alpha value is -2.15. The first-order chi connectivity index (χ1) is 13.1. The van der Waals surface area contributed by atoms with Crippen molar-refractivity contribution in [3.63, 3.8) is 0 Å². The highest BCUT2D eigenvalue weighted by Crippen LogP contribution is 2.36. The first-order valence-corrected chi connectivity index (χ1v) is 9.65. The molecule has 1 amide bonds. The number of hydrogen-bond acceptors (Lipinski definition) is 4. The number of likely N-dealkylation sites (tertiary alicyclic amines) is 1. The van der Waals surface area contributed by atoms with Gasteiger partial charge in [0, 0.05) is 39.1 Å². The minimum atomic E-state index is -0.287. The van der Waals surface area contributed by atoms with Gasteiger partial charge in [-0.05, 0) is 37.0 Å². The van der Waals surface area contributed by atoms with Gasteiger partial charge in [-0.3, -0.25) is 4.79 Å². The molecule has 2 atom stereocenters. The zero-order valence-corrected chi connectivity index (χ0v) is 16.0. The molecular formula is C21H28N4O2. The summed E-state index contributed by atoms with van der Waals surface area (Å²) in [6.45, 7) is 1.43. The monoisotopic (exact) mass is 368 g/mol. The molecule has 2 aliphatic rings. The van der Waals surface area contributed by atoms with E-state index in [0.29, 0.717) is 13.1 Å². The number of piperidine rings is 1. The largest absolute Gasteiger partial charge is 0.373 e. The molecule has 6 nitrogen and oxygen atoms in total. The summed E-state index contributed by atoms with van der Waals surface area (Å²) < 4.78 is 8.03. The number of aromatic nitrogens is 1. The van der Waals surface area contributed by atoms with E-state index in [-0.39, 0.29) is 23.6 Å². The number of hydrazine groups is 1. The molecule has 1 aromatic heterocycles. The first kappa shape index (κ1) is 18.2. The summed E-state index contributed by atoms with van der Waals surface area (Å²) in [5, 5.41) is 0. The molecule has 0 aliphatic carbocycles. The van der Waals surface area contributed by atoms with Gasteiger partial charge in [0.05, 0.1) is 11.6 Å². The molecule has 6 heteroatoms. The van der Waals surface area contributed by atoms with Crippen molar-refractivity contribution in [2.75, 3.05) is 20.2 Å². The lowest BCUT2D eigenvalue weighted by Gasteiger charge is -2.41. The van der Waals surface area contributed by atoms with Crippen LogP contribution in [0.25, 0.3) is 0 Å². The van der Waals surface area contributed by atoms with Crippen LogP contribution in [0.5, 0.6) is 0 Å². The van der Waals surface area contributed by atoms with Gasteiger partial charge in [-0.1, -0.05) is 30.3 Å². The zero-order valence-electron chi connectivity index (χ0n) is 16.0. The van der Waals surface area contributed by atoms with Gasteiger partial charge in [-0.2, -0.15) is 0 Å². The van der Waals surface area contributed by atoms with Crippen LogP contribution in [-0.4, -0.2) is 41.6 Å². The van der Waals surface area contributed by atoms with Crippen LogP contribution in [0.2, 0.25) is 0 Å². The number of amides is 1. The van der Waals surface area contributed by atoms with Crippen LogP contribution >= 0.6 is 0 Å². The molecule has 2 aliphatic heterocycles. The standard InChI is InChI=1S/C21H28N4O2/c1-24-12-6-9-19(24)17-15-18(23-22-17)20(26)25-13-10-21(27-2,11-14-25)16-7-4-3-5-8-16/h3-9,12,17-18,22-23H,10-11,13-15H2,1-2H3. The van der Waals surface area contributed by atoms with Gasteiger partial charge in [0.25, 0.3) is 0 Å². The lowest BCUT2D eigenvalue weighted by molar-refractivity contribution is -0.139. The molecule has 2 N–H and O–H groups in total. The van der Waals surface area contributed by atoms with E-state index in [2.05, 4.69) is 33.6 Å². The van der Waals surface area contributed by atoms with Gasteiger partial charge in [0.15, 0.2) is 0 Å². The van der Waals surface area contributed by atoms with Gasteiger partial charge in [0.2, 0.25) is 5.91 Å². The number of aryl methyl sites for hydroxylation is 1. The number of hydrogen-bond donors (Lipinski definition) is 2. The first-order valence-electron chi connectivity index (χ1n) is 9.65. The third kappa shape index (κ3) is 3.40. The van der Waals surface area contributed by atoms with E-state index < -0.39 is 0 Å². The fourth-order valence-corrected chi connectivity index (χ4v) is 4.41. The molecule has 0 saturated carbocycles. The Morgan fingerprint density at radius 1 is 1.11 bits per heavy atom. The molecule has 2 fully saturated rings. The molecule has 2 aromatic rings. The van der Waals surface area contributed by atoms with Gasteiger partial charge >= 0.3 is 0 Å². The normalized spacial score (nSPS) is 24.9. The minimum absolute atomic E-state index is 0.158. The predicted molar refractivity (Wildman–Crippen MR) is 104 cm³/mol. The fourth-order valence-electron chi connectivity index (χ4n) is 4.41. The highest BCUT2D eigenvalue weighted by Gasteiger charge is 2.40. The van der Waals surface area contributed by atoms with E-state index in [1.54, 1.807) is 7.11 Å². The number of benzene rings is 1. The molecule has 1 aromatic carbocycles. The number of carbonyl (C=O) groups excluding carboxylic acids is 1. The summed E-state index contributed by atoms with van der Waals surface area (Å²) in [6, 6.07) is 14.5. The summed E-state index contributed by atoms with van der Waals surface area (Å²) in [6.07, 6.45) is 4.44. The fraction of sp³-hybridized carbons (Fsp3) is 0.476. The molecule has 4 rings (SSSR count). The number of carbonyl (C=O) groups is 1. The molecular weight excluding hydrogens is 340 g/mol. The Bertz CT molecular complexity index is 780. The Morgan fingerprint density at radius 2 is 1.85 bits per heavy atom. The molecule has 3 heterocycles. The van der Waals surface area contributed by atoms with E-state index in [1.165, 1.54) is 11.3 Å². The average Bonchev–Trinajstić information content (AvgIpc) is 3.37. The lowest BCUT2D eigenvalue weighted by atomic mass is 9.84. The van der Waals surface area contributed by atoms with Crippen molar-refractivity contribution in [1.82, 2.24) is 20.3 Å². The molecule has 0 radical (unpaired) electrons. The van der Waals surface area contributed by atoms with Crippen LogP contribution in [0.15, 0.2) is 48.7 Å². The van der Waals surface area contributed by atoms with E-state index in [4.69, 9.17) is 4.74 Å². The SMILES string of the molecule is COC1(c2ccccc2)CCN(C(=O)C2CC(c3cccn3C)NN2)CC1. The van der Waals surface area contributed by atoms with Crippen LogP contribution in [-0.2, 0) is 22.2 Å². The molecule has 0 spiro atoms. The second-order valence-corrected chi connectivity index (χ2v) is 7.56. The Labute approximate surface area is 160 Å². The summed E-state index contributed by atoms with van der Waals surface area (Å²) in [5.74, 6) is 0.178. The van der Waals surface area contributed by atoms with Crippen LogP contribution in [0.3, 0.4) is 0 Å². The minimum Gasteiger partial charge on any atom is -0.373 e. The van der Waals surface area contributed by atoms with Crippen molar-refractivity contribution < 1.29 is 9.53 Å². The van der Waals surface area contributed by atoms with Crippen molar-refractivity contribution >= 4 is 5.91 Å². The Morgan fingerprint density at radius 3 is 2.48 bits per heavy atom. The average molecular weight is 368 g/mol. The van der Waals surface area contributed by atoms with Crippen LogP contribution in [0, 0.1) is 0 Å². The topological polar surface area (TPSA) is 58.5 Å². The van der Waals surface area contributed by atoms with Gasteiger partial charge in [-0.15, -0.1) is 0 Å². The highest BCUT2D eigenvalue weighted by molar-refractivity contribution is 5.82. The number of rotatable bonds is 4.